The Balaban J connectivity index is 1.50. The number of rotatable bonds is 8. The topological polar surface area (TPSA) is 109 Å². The van der Waals surface area contributed by atoms with Crippen molar-refractivity contribution >= 4 is 44.4 Å². The molecule has 4 rings (SSSR count). The molecule has 2 heterocycles. The van der Waals surface area contributed by atoms with Gasteiger partial charge in [-0.3, -0.25) is 14.9 Å². The van der Waals surface area contributed by atoms with E-state index in [1.54, 1.807) is 40.2 Å². The SMILES string of the molecule is COc1cc(C=NNc2nc(N)cs2)ccc1OCc1c(Br)c(=O)n(-c2ccccc2)n1C. The molecule has 0 atom stereocenters. The number of halogens is 1. The molecule has 0 amide bonds. The smallest absolute Gasteiger partial charge is 0.286 e. The summed E-state index contributed by atoms with van der Waals surface area (Å²) < 4.78 is 15.3. The standard InChI is InChI=1S/C22H21BrN6O3S/c1-28-16(20(23)21(30)29(28)15-6-4-3-5-7-15)12-32-17-9-8-14(10-18(17)31-2)11-25-27-22-26-19(24)13-33-22/h3-11,13H,12,24H2,1-2H3,(H,26,27). The van der Waals surface area contributed by atoms with Crippen LogP contribution in [0.5, 0.6) is 11.5 Å². The molecule has 0 saturated carbocycles. The molecule has 0 aliphatic carbocycles. The van der Waals surface area contributed by atoms with Crippen LogP contribution in [0.1, 0.15) is 11.3 Å². The highest BCUT2D eigenvalue weighted by atomic mass is 79.9. The molecule has 4 aromatic rings. The average molecular weight is 529 g/mol. The van der Waals surface area contributed by atoms with Crippen LogP contribution in [0.2, 0.25) is 0 Å². The van der Waals surface area contributed by atoms with Crippen LogP contribution in [-0.4, -0.2) is 27.7 Å². The largest absolute Gasteiger partial charge is 0.493 e. The van der Waals surface area contributed by atoms with Gasteiger partial charge >= 0.3 is 0 Å². The predicted molar refractivity (Wildman–Crippen MR) is 134 cm³/mol. The van der Waals surface area contributed by atoms with Gasteiger partial charge in [0.1, 0.15) is 16.9 Å². The molecule has 0 spiro atoms. The van der Waals surface area contributed by atoms with E-state index in [4.69, 9.17) is 15.2 Å². The number of nitrogens with two attached hydrogens (primary N) is 1. The number of benzene rings is 2. The number of methoxy groups -OCH3 is 1. The number of nitrogen functional groups attached to an aromatic ring is 1. The van der Waals surface area contributed by atoms with E-state index in [9.17, 15) is 4.79 Å². The minimum absolute atomic E-state index is 0.157. The Bertz CT molecular complexity index is 1350. The van der Waals surface area contributed by atoms with Crippen molar-refractivity contribution in [2.75, 3.05) is 18.3 Å². The number of para-hydroxylation sites is 1. The van der Waals surface area contributed by atoms with Gasteiger partial charge in [0.05, 0.1) is 24.7 Å². The van der Waals surface area contributed by atoms with Gasteiger partial charge in [-0.2, -0.15) is 5.10 Å². The van der Waals surface area contributed by atoms with Gasteiger partial charge in [0, 0.05) is 12.4 Å². The minimum atomic E-state index is -0.157. The maximum Gasteiger partial charge on any atom is 0.286 e. The third kappa shape index (κ3) is 4.94. The third-order valence-corrected chi connectivity index (χ3v) is 6.33. The van der Waals surface area contributed by atoms with Crippen molar-refractivity contribution in [2.45, 2.75) is 6.61 Å². The summed E-state index contributed by atoms with van der Waals surface area (Å²) in [5, 5.41) is 6.50. The first-order valence-electron chi connectivity index (χ1n) is 9.80. The van der Waals surface area contributed by atoms with E-state index >= 15 is 0 Å². The number of hydrogen-bond donors (Lipinski definition) is 2. The Morgan fingerprint density at radius 1 is 1.24 bits per heavy atom. The molecule has 11 heteroatoms. The molecule has 0 radical (unpaired) electrons. The molecule has 3 N–H and O–H groups in total. The number of anilines is 2. The van der Waals surface area contributed by atoms with Crippen molar-refractivity contribution in [3.05, 3.63) is 80.0 Å². The number of nitrogens with zero attached hydrogens (tertiary/aromatic N) is 4. The molecule has 0 unspecified atom stereocenters. The quantitative estimate of drug-likeness (QED) is 0.264. The maximum absolute atomic E-state index is 12.8. The van der Waals surface area contributed by atoms with E-state index in [-0.39, 0.29) is 12.2 Å². The summed E-state index contributed by atoms with van der Waals surface area (Å²) in [4.78, 5) is 16.9. The summed E-state index contributed by atoms with van der Waals surface area (Å²) in [6, 6.07) is 14.9. The van der Waals surface area contributed by atoms with Crippen LogP contribution in [0.25, 0.3) is 5.69 Å². The first kappa shape index (κ1) is 22.6. The summed E-state index contributed by atoms with van der Waals surface area (Å²) in [5.74, 6) is 1.53. The van der Waals surface area contributed by atoms with Gasteiger partial charge in [0.2, 0.25) is 5.13 Å². The van der Waals surface area contributed by atoms with E-state index in [0.717, 1.165) is 11.3 Å². The molecule has 33 heavy (non-hydrogen) atoms. The second-order valence-electron chi connectivity index (χ2n) is 6.88. The molecule has 0 fully saturated rings. The monoisotopic (exact) mass is 528 g/mol. The molecule has 0 saturated heterocycles. The second kappa shape index (κ2) is 9.92. The number of aromatic nitrogens is 3. The lowest BCUT2D eigenvalue weighted by Crippen LogP contribution is -2.19. The van der Waals surface area contributed by atoms with E-state index in [1.807, 2.05) is 43.4 Å². The Hall–Kier alpha value is -3.57. The highest BCUT2D eigenvalue weighted by Gasteiger charge is 2.18. The van der Waals surface area contributed by atoms with E-state index < -0.39 is 0 Å². The molecule has 0 bridgehead atoms. The normalized spacial score (nSPS) is 11.1. The lowest BCUT2D eigenvalue weighted by molar-refractivity contribution is 0.274. The maximum atomic E-state index is 12.8. The summed E-state index contributed by atoms with van der Waals surface area (Å²) in [5.41, 5.74) is 10.5. The minimum Gasteiger partial charge on any atom is -0.493 e. The van der Waals surface area contributed by atoms with Crippen LogP contribution < -0.4 is 26.2 Å². The zero-order valence-corrected chi connectivity index (χ0v) is 20.3. The Morgan fingerprint density at radius 3 is 2.73 bits per heavy atom. The van der Waals surface area contributed by atoms with Gasteiger partial charge in [0.25, 0.3) is 5.56 Å². The van der Waals surface area contributed by atoms with Gasteiger partial charge in [-0.1, -0.05) is 18.2 Å². The van der Waals surface area contributed by atoms with Crippen LogP contribution in [0, 0.1) is 0 Å². The van der Waals surface area contributed by atoms with Crippen molar-refractivity contribution in [2.24, 2.45) is 12.1 Å². The zero-order valence-electron chi connectivity index (χ0n) is 17.9. The van der Waals surface area contributed by atoms with Crippen LogP contribution in [0.3, 0.4) is 0 Å². The summed E-state index contributed by atoms with van der Waals surface area (Å²) in [7, 11) is 3.38. The van der Waals surface area contributed by atoms with Crippen molar-refractivity contribution in [3.63, 3.8) is 0 Å². The molecule has 2 aromatic heterocycles. The fourth-order valence-electron chi connectivity index (χ4n) is 3.16. The lowest BCUT2D eigenvalue weighted by atomic mass is 10.2. The molecule has 0 aliphatic rings. The fraction of sp³-hybridized carbons (Fsp3) is 0.136. The Kier molecular flexibility index (Phi) is 6.80. The lowest BCUT2D eigenvalue weighted by Gasteiger charge is -2.13. The molecule has 170 valence electrons. The summed E-state index contributed by atoms with van der Waals surface area (Å²) in [6.07, 6.45) is 1.64. The van der Waals surface area contributed by atoms with Crippen LogP contribution >= 0.6 is 27.3 Å². The van der Waals surface area contributed by atoms with Gasteiger partial charge < -0.3 is 15.2 Å². The van der Waals surface area contributed by atoms with Crippen LogP contribution in [0.15, 0.2) is 68.3 Å². The van der Waals surface area contributed by atoms with Gasteiger partial charge in [-0.05, 0) is 51.8 Å². The van der Waals surface area contributed by atoms with Crippen molar-refractivity contribution in [1.29, 1.82) is 0 Å². The van der Waals surface area contributed by atoms with Crippen molar-refractivity contribution in [1.82, 2.24) is 14.3 Å². The molecular formula is C22H21BrN6O3S. The molecule has 2 aromatic carbocycles. The predicted octanol–water partition coefficient (Wildman–Crippen LogP) is 4.01. The van der Waals surface area contributed by atoms with Crippen molar-refractivity contribution < 1.29 is 9.47 Å². The van der Waals surface area contributed by atoms with Gasteiger partial charge in [-0.15, -0.1) is 11.3 Å². The highest BCUT2D eigenvalue weighted by Crippen LogP contribution is 2.29. The number of thiazole rings is 1. The second-order valence-corrected chi connectivity index (χ2v) is 8.53. The third-order valence-electron chi connectivity index (χ3n) is 4.77. The summed E-state index contributed by atoms with van der Waals surface area (Å²) in [6.45, 7) is 0.170. The number of nitrogens with one attached hydrogen (secondary N) is 1. The van der Waals surface area contributed by atoms with Gasteiger partial charge in [-0.25, -0.2) is 9.67 Å². The molecular weight excluding hydrogens is 508 g/mol. The van der Waals surface area contributed by atoms with E-state index in [0.29, 0.717) is 32.6 Å². The fourth-order valence-corrected chi connectivity index (χ4v) is 4.25. The molecule has 9 nitrogen and oxygen atoms in total. The number of ether oxygens (including phenoxy) is 2. The number of hydrazone groups is 1. The Morgan fingerprint density at radius 2 is 2.03 bits per heavy atom. The van der Waals surface area contributed by atoms with Crippen LogP contribution in [-0.2, 0) is 13.7 Å². The summed E-state index contributed by atoms with van der Waals surface area (Å²) >= 11 is 4.78. The number of hydrogen-bond acceptors (Lipinski definition) is 8. The first-order valence-corrected chi connectivity index (χ1v) is 11.5. The van der Waals surface area contributed by atoms with E-state index in [1.165, 1.54) is 11.3 Å². The van der Waals surface area contributed by atoms with Crippen molar-refractivity contribution in [3.8, 4) is 17.2 Å². The van der Waals surface area contributed by atoms with E-state index in [2.05, 4.69) is 31.4 Å². The van der Waals surface area contributed by atoms with Crippen LogP contribution in [0.4, 0.5) is 10.9 Å². The van der Waals surface area contributed by atoms with Gasteiger partial charge in [0.15, 0.2) is 11.5 Å². The zero-order chi connectivity index (χ0) is 23.4. The first-order chi connectivity index (χ1) is 16.0. The Labute approximate surface area is 202 Å². The average Bonchev–Trinajstić information content (AvgIpc) is 3.33. The molecule has 0 aliphatic heterocycles. The highest BCUT2D eigenvalue weighted by molar-refractivity contribution is 9.10.